The minimum absolute atomic E-state index is 0.00330. The molecule has 4 N–H and O–H groups in total. The highest BCUT2D eigenvalue weighted by Gasteiger charge is 2.24. The zero-order valence-electron chi connectivity index (χ0n) is 35.0. The molecule has 1 saturated heterocycles. The van der Waals surface area contributed by atoms with E-state index >= 15 is 0 Å². The number of likely N-dealkylation sites (N-methyl/N-ethyl adjacent to an activating group) is 4. The molecule has 0 aromatic rings. The van der Waals surface area contributed by atoms with Crippen molar-refractivity contribution in [3.8, 4) is 0 Å². The van der Waals surface area contributed by atoms with Crippen LogP contribution in [-0.2, 0) is 43.2 Å². The molecule has 5 amide bonds. The topological polar surface area (TPSA) is 252 Å². The zero-order valence-corrected chi connectivity index (χ0v) is 35.0. The summed E-state index contributed by atoms with van der Waals surface area (Å²) < 4.78 is 0. The highest BCUT2D eigenvalue weighted by atomic mass is 16.4. The minimum atomic E-state index is -1.04. The van der Waals surface area contributed by atoms with Gasteiger partial charge in [0.2, 0.25) is 29.5 Å². The largest absolute Gasteiger partial charge is 0.480 e. The van der Waals surface area contributed by atoms with Gasteiger partial charge in [-0.05, 0) is 12.8 Å². The molecule has 58 heavy (non-hydrogen) atoms. The Balaban J connectivity index is 2.54. The summed E-state index contributed by atoms with van der Waals surface area (Å²) in [7, 11) is 5.83. The normalized spacial score (nSPS) is 15.1. The molecule has 0 aliphatic carbocycles. The smallest absolute Gasteiger partial charge is 0.317 e. The Morgan fingerprint density at radius 1 is 0.483 bits per heavy atom. The number of nitrogens with one attached hydrogen (secondary N) is 1. The molecule has 0 aromatic heterocycles. The first-order valence-electron chi connectivity index (χ1n) is 19.5. The average Bonchev–Trinajstić information content (AvgIpc) is 3.12. The molecule has 0 aromatic carbocycles. The van der Waals surface area contributed by atoms with Crippen LogP contribution in [0.5, 0.6) is 0 Å². The molecule has 0 atom stereocenters. The Labute approximate surface area is 340 Å². The minimum Gasteiger partial charge on any atom is -0.480 e. The lowest BCUT2D eigenvalue weighted by atomic mass is 10.1. The number of hydrogen-bond acceptors (Lipinski definition) is 13. The molecule has 1 rings (SSSR count). The number of unbranched alkanes of at least 4 members (excludes halogenated alkanes) is 2. The molecule has 330 valence electrons. The third-order valence-corrected chi connectivity index (χ3v) is 9.62. The first-order valence-corrected chi connectivity index (χ1v) is 19.5. The third kappa shape index (κ3) is 22.3. The molecule has 1 fully saturated rings. The van der Waals surface area contributed by atoms with Crippen LogP contribution in [0, 0.1) is 5.92 Å². The summed E-state index contributed by atoms with van der Waals surface area (Å²) in [5, 5.41) is 31.0. The van der Waals surface area contributed by atoms with E-state index in [9.17, 15) is 58.5 Å². The predicted molar refractivity (Wildman–Crippen MR) is 211 cm³/mol. The maximum Gasteiger partial charge on any atom is 0.317 e. The lowest BCUT2D eigenvalue weighted by molar-refractivity contribution is -0.144. The van der Waals surface area contributed by atoms with Gasteiger partial charge in [0.05, 0.1) is 52.4 Å². The lowest BCUT2D eigenvalue weighted by Crippen LogP contribution is -2.49. The van der Waals surface area contributed by atoms with Gasteiger partial charge in [0.1, 0.15) is 0 Å². The van der Waals surface area contributed by atoms with Gasteiger partial charge in [0.15, 0.2) is 5.78 Å². The van der Waals surface area contributed by atoms with Crippen molar-refractivity contribution >= 4 is 53.2 Å². The molecule has 21 heteroatoms. The SMILES string of the molecule is CC(C)C(=O)CN(C)C(=O)CN(C)C(=O)CN(C)C(=O)CN(C)C(=O)CCCCCNC(=O)CN1CCN(CC(=O)O)CCN(CC(=O)O)CCN(CC(=O)O)CC1. The van der Waals surface area contributed by atoms with Crippen molar-refractivity contribution in [3.63, 3.8) is 0 Å². The van der Waals surface area contributed by atoms with Gasteiger partial charge in [-0.2, -0.15) is 0 Å². The number of carboxylic acids is 3. The maximum absolute atomic E-state index is 12.9. The first-order chi connectivity index (χ1) is 27.2. The second kappa shape index (κ2) is 27.0. The molecule has 0 unspecified atom stereocenters. The Hall–Kier alpha value is -4.73. The summed E-state index contributed by atoms with van der Waals surface area (Å²) >= 11 is 0. The number of nitrogens with zero attached hydrogens (tertiary/aromatic N) is 8. The van der Waals surface area contributed by atoms with E-state index in [1.807, 2.05) is 4.90 Å². The number of carbonyl (C=O) groups is 9. The third-order valence-electron chi connectivity index (χ3n) is 9.62. The van der Waals surface area contributed by atoms with Crippen molar-refractivity contribution in [2.75, 3.05) is 139 Å². The lowest BCUT2D eigenvalue weighted by Gasteiger charge is -2.32. The van der Waals surface area contributed by atoms with Crippen LogP contribution in [0.1, 0.15) is 39.5 Å². The van der Waals surface area contributed by atoms with Crippen LogP contribution in [0.25, 0.3) is 0 Å². The van der Waals surface area contributed by atoms with E-state index in [2.05, 4.69) is 5.32 Å². The number of Topliss-reactive ketones (excluding diaryl/α,β-unsaturated/α-hetero) is 1. The maximum atomic E-state index is 12.9. The predicted octanol–water partition coefficient (Wildman–Crippen LogP) is -2.80. The number of ketones is 1. The summed E-state index contributed by atoms with van der Waals surface area (Å²) in [6.45, 7) is 4.49. The van der Waals surface area contributed by atoms with Crippen LogP contribution in [0.2, 0.25) is 0 Å². The van der Waals surface area contributed by atoms with Crippen LogP contribution in [0.4, 0.5) is 0 Å². The second-order valence-corrected chi connectivity index (χ2v) is 15.1. The number of rotatable bonds is 23. The van der Waals surface area contributed by atoms with Gasteiger partial charge in [-0.3, -0.25) is 62.8 Å². The molecule has 21 nitrogen and oxygen atoms in total. The molecular weight excluding hydrogens is 762 g/mol. The monoisotopic (exact) mass is 827 g/mol. The molecule has 0 radical (unpaired) electrons. The van der Waals surface area contributed by atoms with E-state index in [0.717, 1.165) is 0 Å². The Morgan fingerprint density at radius 2 is 0.810 bits per heavy atom. The highest BCUT2D eigenvalue weighted by Crippen LogP contribution is 2.05. The standard InChI is InChI=1S/C37H65N9O12/c1-28(2)29(47)20-39(3)32(50)23-41(5)34(52)24-42(6)33(51)22-40(4)31(49)10-8-7-9-11-38-30(48)21-43-12-14-44(25-35(53)54)16-18-46(27-37(57)58)19-17-45(15-13-43)26-36(55)56/h28H,7-27H2,1-6H3,(H,38,48)(H,53,54)(H,55,56)(H,57,58). The number of amides is 5. The summed E-state index contributed by atoms with van der Waals surface area (Å²) in [4.78, 5) is 121. The van der Waals surface area contributed by atoms with E-state index < -0.39 is 35.6 Å². The number of carbonyl (C=O) groups excluding carboxylic acids is 6. The fourth-order valence-corrected chi connectivity index (χ4v) is 5.78. The average molecular weight is 828 g/mol. The fourth-order valence-electron chi connectivity index (χ4n) is 5.78. The number of aliphatic carboxylic acids is 3. The van der Waals surface area contributed by atoms with Crippen LogP contribution >= 0.6 is 0 Å². The molecule has 1 aliphatic heterocycles. The zero-order chi connectivity index (χ0) is 43.9. The summed E-state index contributed by atoms with van der Waals surface area (Å²) in [5.41, 5.74) is 0. The van der Waals surface area contributed by atoms with Crippen molar-refractivity contribution in [3.05, 3.63) is 0 Å². The van der Waals surface area contributed by atoms with Crippen molar-refractivity contribution in [1.29, 1.82) is 0 Å². The van der Waals surface area contributed by atoms with Crippen molar-refractivity contribution < 1.29 is 58.5 Å². The number of carboxylic acid groups (broad SMARTS) is 3. The van der Waals surface area contributed by atoms with Gasteiger partial charge in [0.25, 0.3) is 0 Å². The van der Waals surface area contributed by atoms with Gasteiger partial charge in [-0.25, -0.2) is 0 Å². The van der Waals surface area contributed by atoms with E-state index in [4.69, 9.17) is 0 Å². The van der Waals surface area contributed by atoms with Gasteiger partial charge >= 0.3 is 17.9 Å². The van der Waals surface area contributed by atoms with E-state index in [1.165, 1.54) is 47.8 Å². The molecule has 0 spiro atoms. The van der Waals surface area contributed by atoms with Crippen molar-refractivity contribution in [2.45, 2.75) is 39.5 Å². The molecule has 1 heterocycles. The van der Waals surface area contributed by atoms with Gasteiger partial charge in [0, 0.05) is 99.4 Å². The van der Waals surface area contributed by atoms with E-state index in [0.29, 0.717) is 52.0 Å². The van der Waals surface area contributed by atoms with Gasteiger partial charge in [-0.15, -0.1) is 0 Å². The molecule has 1 aliphatic rings. The van der Waals surface area contributed by atoms with E-state index in [1.54, 1.807) is 28.5 Å². The Kier molecular flexibility index (Phi) is 23.9. The highest BCUT2D eigenvalue weighted by molar-refractivity contribution is 5.91. The second-order valence-electron chi connectivity index (χ2n) is 15.1. The van der Waals surface area contributed by atoms with Gasteiger partial charge in [-0.1, -0.05) is 20.3 Å². The number of hydrogen-bond donors (Lipinski definition) is 4. The van der Waals surface area contributed by atoms with Crippen LogP contribution < -0.4 is 5.32 Å². The van der Waals surface area contributed by atoms with Crippen LogP contribution in [-0.4, -0.2) is 247 Å². The summed E-state index contributed by atoms with van der Waals surface area (Å²) in [6, 6.07) is 0. The molecular formula is C37H65N9O12. The molecule has 0 saturated carbocycles. The van der Waals surface area contributed by atoms with Crippen molar-refractivity contribution in [1.82, 2.24) is 44.5 Å². The summed E-state index contributed by atoms with van der Waals surface area (Å²) in [5.74, 6) is -5.34. The fraction of sp³-hybridized carbons (Fsp3) is 0.757. The Bertz CT molecular complexity index is 1380. The molecule has 0 bridgehead atoms. The quantitative estimate of drug-likeness (QED) is 0.0760. The first kappa shape index (κ1) is 51.3. The van der Waals surface area contributed by atoms with E-state index in [-0.39, 0.29) is 108 Å². The van der Waals surface area contributed by atoms with Crippen LogP contribution in [0.15, 0.2) is 0 Å². The van der Waals surface area contributed by atoms with Crippen LogP contribution in [0.3, 0.4) is 0 Å². The van der Waals surface area contributed by atoms with Gasteiger partial charge < -0.3 is 40.2 Å². The van der Waals surface area contributed by atoms with Crippen molar-refractivity contribution in [2.24, 2.45) is 5.92 Å². The Morgan fingerprint density at radius 3 is 1.16 bits per heavy atom. The summed E-state index contributed by atoms with van der Waals surface area (Å²) in [6.07, 6.45) is 1.87.